The predicted molar refractivity (Wildman–Crippen MR) is 79.5 cm³/mol. The van der Waals surface area contributed by atoms with Crippen LogP contribution in [0.4, 0.5) is 5.95 Å². The van der Waals surface area contributed by atoms with Crippen molar-refractivity contribution in [3.8, 4) is 5.88 Å². The van der Waals surface area contributed by atoms with Crippen molar-refractivity contribution in [2.24, 2.45) is 11.8 Å². The summed E-state index contributed by atoms with van der Waals surface area (Å²) in [6.07, 6.45) is 2.21. The summed E-state index contributed by atoms with van der Waals surface area (Å²) in [5.74, 6) is 6.97. The second-order valence-electron chi connectivity index (χ2n) is 4.57. The van der Waals surface area contributed by atoms with Crippen LogP contribution < -0.4 is 16.0 Å². The molecule has 0 fully saturated rings. The van der Waals surface area contributed by atoms with Gasteiger partial charge in [0, 0.05) is 4.88 Å². The maximum atomic E-state index is 5.88. The average Bonchev–Trinajstić information content (AvgIpc) is 2.79. The number of aryl methyl sites for hydroxylation is 1. The van der Waals surface area contributed by atoms with E-state index in [9.17, 15) is 0 Å². The zero-order chi connectivity index (χ0) is 13.8. The summed E-state index contributed by atoms with van der Waals surface area (Å²) in [4.78, 5) is 10.7. The number of aromatic nitrogens is 2. The van der Waals surface area contributed by atoms with E-state index in [1.807, 2.05) is 6.92 Å². The van der Waals surface area contributed by atoms with E-state index in [-0.39, 0.29) is 0 Å². The number of nitrogens with zero attached hydrogens (tertiary/aromatic N) is 2. The second-order valence-corrected chi connectivity index (χ2v) is 5.80. The van der Waals surface area contributed by atoms with Crippen LogP contribution in [0.5, 0.6) is 5.88 Å². The molecule has 0 spiro atoms. The zero-order valence-electron chi connectivity index (χ0n) is 11.6. The van der Waals surface area contributed by atoms with Gasteiger partial charge >= 0.3 is 0 Å². The molecule has 2 aromatic heterocycles. The maximum Gasteiger partial charge on any atom is 0.241 e. The van der Waals surface area contributed by atoms with E-state index in [1.165, 1.54) is 4.88 Å². The molecule has 0 unspecified atom stereocenters. The van der Waals surface area contributed by atoms with Gasteiger partial charge in [-0.3, -0.25) is 5.43 Å². The lowest BCUT2D eigenvalue weighted by Crippen LogP contribution is -2.14. The number of anilines is 1. The van der Waals surface area contributed by atoms with Crippen LogP contribution >= 0.6 is 11.3 Å². The van der Waals surface area contributed by atoms with E-state index in [0.29, 0.717) is 24.4 Å². The minimum atomic E-state index is 0.397. The van der Waals surface area contributed by atoms with Gasteiger partial charge in [0.05, 0.1) is 12.0 Å². The van der Waals surface area contributed by atoms with Crippen molar-refractivity contribution >= 4 is 27.5 Å². The number of nitrogen functional groups attached to an aromatic ring is 1. The molecular weight excluding hydrogens is 260 g/mol. The smallest absolute Gasteiger partial charge is 0.241 e. The van der Waals surface area contributed by atoms with Crippen LogP contribution in [0, 0.1) is 12.8 Å². The standard InChI is InChI=1S/C13H20N4OS/c1-4-9(5-2)7-18-11-10-6-8(3)19-12(10)16-13(15-11)17-14/h6,9H,4-5,7,14H2,1-3H3,(H,15,16,17). The summed E-state index contributed by atoms with van der Waals surface area (Å²) < 4.78 is 5.88. The largest absolute Gasteiger partial charge is 0.477 e. The minimum Gasteiger partial charge on any atom is -0.477 e. The van der Waals surface area contributed by atoms with Crippen molar-refractivity contribution in [2.45, 2.75) is 33.6 Å². The highest BCUT2D eigenvalue weighted by molar-refractivity contribution is 7.18. The summed E-state index contributed by atoms with van der Waals surface area (Å²) in [5.41, 5.74) is 2.49. The predicted octanol–water partition coefficient (Wildman–Crippen LogP) is 3.10. The summed E-state index contributed by atoms with van der Waals surface area (Å²) >= 11 is 1.61. The fraction of sp³-hybridized carbons (Fsp3) is 0.538. The summed E-state index contributed by atoms with van der Waals surface area (Å²) in [6, 6.07) is 2.06. The molecule has 19 heavy (non-hydrogen) atoms. The number of hydrazine groups is 1. The number of hydrogen-bond donors (Lipinski definition) is 2. The van der Waals surface area contributed by atoms with Crippen LogP contribution in [-0.2, 0) is 0 Å². The highest BCUT2D eigenvalue weighted by Gasteiger charge is 2.13. The molecule has 0 aromatic carbocycles. The number of thiophene rings is 1. The third-order valence-corrected chi connectivity index (χ3v) is 4.16. The quantitative estimate of drug-likeness (QED) is 0.628. The molecule has 0 bridgehead atoms. The van der Waals surface area contributed by atoms with Gasteiger partial charge in [-0.15, -0.1) is 11.3 Å². The third kappa shape index (κ3) is 3.13. The molecular formula is C13H20N4OS. The van der Waals surface area contributed by atoms with Gasteiger partial charge in [-0.25, -0.2) is 10.8 Å². The number of nitrogens with one attached hydrogen (secondary N) is 1. The van der Waals surface area contributed by atoms with Crippen LogP contribution in [0.2, 0.25) is 0 Å². The van der Waals surface area contributed by atoms with Crippen LogP contribution in [-0.4, -0.2) is 16.6 Å². The Kier molecular flexibility index (Phi) is 4.55. The first kappa shape index (κ1) is 14.0. The number of ether oxygens (including phenoxy) is 1. The Labute approximate surface area is 117 Å². The Balaban J connectivity index is 2.29. The van der Waals surface area contributed by atoms with Gasteiger partial charge in [0.1, 0.15) is 4.83 Å². The molecule has 2 aromatic rings. The van der Waals surface area contributed by atoms with Gasteiger partial charge in [-0.1, -0.05) is 26.7 Å². The van der Waals surface area contributed by atoms with Gasteiger partial charge < -0.3 is 4.74 Å². The van der Waals surface area contributed by atoms with E-state index in [4.69, 9.17) is 10.6 Å². The third-order valence-electron chi connectivity index (χ3n) is 3.22. The van der Waals surface area contributed by atoms with Gasteiger partial charge in [0.15, 0.2) is 0 Å². The van der Waals surface area contributed by atoms with E-state index >= 15 is 0 Å². The minimum absolute atomic E-state index is 0.397. The molecule has 0 saturated heterocycles. The molecule has 0 aliphatic rings. The zero-order valence-corrected chi connectivity index (χ0v) is 12.4. The highest BCUT2D eigenvalue weighted by atomic mass is 32.1. The molecule has 2 rings (SSSR count). The Bertz CT molecular complexity index is 551. The van der Waals surface area contributed by atoms with Crippen molar-refractivity contribution in [1.29, 1.82) is 0 Å². The summed E-state index contributed by atoms with van der Waals surface area (Å²) in [6.45, 7) is 7.08. The Hall–Kier alpha value is -1.40. The van der Waals surface area contributed by atoms with Crippen molar-refractivity contribution in [3.63, 3.8) is 0 Å². The van der Waals surface area contributed by atoms with E-state index in [1.54, 1.807) is 11.3 Å². The first-order valence-electron chi connectivity index (χ1n) is 6.55. The molecule has 3 N–H and O–H groups in total. The van der Waals surface area contributed by atoms with Gasteiger partial charge in [-0.05, 0) is 18.9 Å². The van der Waals surface area contributed by atoms with Crippen LogP contribution in [0.15, 0.2) is 6.07 Å². The van der Waals surface area contributed by atoms with Crippen molar-refractivity contribution in [1.82, 2.24) is 9.97 Å². The van der Waals surface area contributed by atoms with Crippen LogP contribution in [0.1, 0.15) is 31.6 Å². The lowest BCUT2D eigenvalue weighted by atomic mass is 10.1. The van der Waals surface area contributed by atoms with E-state index in [0.717, 1.165) is 23.1 Å². The van der Waals surface area contributed by atoms with Crippen molar-refractivity contribution < 1.29 is 4.74 Å². The van der Waals surface area contributed by atoms with Crippen molar-refractivity contribution in [2.75, 3.05) is 12.0 Å². The SMILES string of the molecule is CCC(CC)COc1nc(NN)nc2sc(C)cc12. The van der Waals surface area contributed by atoms with E-state index in [2.05, 4.69) is 35.3 Å². The number of fused-ring (bicyclic) bond motifs is 1. The Morgan fingerprint density at radius 2 is 2.11 bits per heavy atom. The topological polar surface area (TPSA) is 73.1 Å². The molecule has 0 atom stereocenters. The maximum absolute atomic E-state index is 5.88. The van der Waals surface area contributed by atoms with Gasteiger partial charge in [0.2, 0.25) is 11.8 Å². The van der Waals surface area contributed by atoms with Gasteiger partial charge in [0.25, 0.3) is 0 Å². The molecule has 5 nitrogen and oxygen atoms in total. The van der Waals surface area contributed by atoms with Crippen molar-refractivity contribution in [3.05, 3.63) is 10.9 Å². The monoisotopic (exact) mass is 280 g/mol. The van der Waals surface area contributed by atoms with E-state index < -0.39 is 0 Å². The molecule has 0 amide bonds. The molecule has 2 heterocycles. The lowest BCUT2D eigenvalue weighted by Gasteiger charge is -2.14. The molecule has 0 aliphatic heterocycles. The molecule has 6 heteroatoms. The Morgan fingerprint density at radius 1 is 1.37 bits per heavy atom. The lowest BCUT2D eigenvalue weighted by molar-refractivity contribution is 0.235. The molecule has 0 aliphatic carbocycles. The second kappa shape index (κ2) is 6.16. The number of rotatable bonds is 6. The number of nitrogens with two attached hydrogens (primary N) is 1. The van der Waals surface area contributed by atoms with Crippen LogP contribution in [0.25, 0.3) is 10.2 Å². The fourth-order valence-electron chi connectivity index (χ4n) is 1.91. The fourth-order valence-corrected chi connectivity index (χ4v) is 2.78. The van der Waals surface area contributed by atoms with Crippen LogP contribution in [0.3, 0.4) is 0 Å². The van der Waals surface area contributed by atoms with Gasteiger partial charge in [-0.2, -0.15) is 4.98 Å². The first-order valence-corrected chi connectivity index (χ1v) is 7.37. The average molecular weight is 280 g/mol. The molecule has 0 radical (unpaired) electrons. The Morgan fingerprint density at radius 3 is 2.74 bits per heavy atom. The number of hydrogen-bond acceptors (Lipinski definition) is 6. The highest BCUT2D eigenvalue weighted by Crippen LogP contribution is 2.31. The summed E-state index contributed by atoms with van der Waals surface area (Å²) in [5, 5.41) is 0.965. The first-order chi connectivity index (χ1) is 9.17. The molecule has 0 saturated carbocycles. The molecule has 104 valence electrons. The normalized spacial score (nSPS) is 11.2. The summed E-state index contributed by atoms with van der Waals surface area (Å²) in [7, 11) is 0.